The van der Waals surface area contributed by atoms with Crippen LogP contribution >= 0.6 is 11.3 Å². The van der Waals surface area contributed by atoms with Crippen LogP contribution < -0.4 is 9.80 Å². The summed E-state index contributed by atoms with van der Waals surface area (Å²) in [4.78, 5) is 15.1. The summed E-state index contributed by atoms with van der Waals surface area (Å²) in [5.74, 6) is 1.41. The molecule has 0 unspecified atom stereocenters. The Morgan fingerprint density at radius 2 is 1.69 bits per heavy atom. The molecular weight excluding hydrogens is 426 g/mol. The van der Waals surface area contributed by atoms with E-state index in [-0.39, 0.29) is 5.69 Å². The standard InChI is InChI=1S/C22H25N7O2S/c30-29(31)18-8-4-7-17(15-18)19-9-10-20(24-23-19)27-11-13-28(14-12-27)22-26-25-21(32-22)16-5-2-1-3-6-16/h4,7-10,15-16H,1-3,5-6,11-14H2. The molecule has 2 aromatic heterocycles. The van der Waals surface area contributed by atoms with Crippen molar-refractivity contribution in [2.75, 3.05) is 36.0 Å². The normalized spacial score (nSPS) is 17.5. The summed E-state index contributed by atoms with van der Waals surface area (Å²) < 4.78 is 0. The van der Waals surface area contributed by atoms with Gasteiger partial charge in [0.25, 0.3) is 5.69 Å². The summed E-state index contributed by atoms with van der Waals surface area (Å²) in [6.07, 6.45) is 6.44. The van der Waals surface area contributed by atoms with Crippen LogP contribution in [0.3, 0.4) is 0 Å². The van der Waals surface area contributed by atoms with Crippen molar-refractivity contribution < 1.29 is 4.92 Å². The van der Waals surface area contributed by atoms with Crippen LogP contribution in [-0.4, -0.2) is 51.5 Å². The molecule has 2 aliphatic rings. The van der Waals surface area contributed by atoms with Crippen molar-refractivity contribution in [2.45, 2.75) is 38.0 Å². The molecule has 1 aliphatic heterocycles. The Hall–Kier alpha value is -3.14. The van der Waals surface area contributed by atoms with Gasteiger partial charge in [-0.3, -0.25) is 10.1 Å². The van der Waals surface area contributed by atoms with E-state index < -0.39 is 4.92 Å². The zero-order chi connectivity index (χ0) is 21.9. The summed E-state index contributed by atoms with van der Waals surface area (Å²) in [5, 5.41) is 30.9. The third-order valence-corrected chi connectivity index (χ3v) is 7.41. The van der Waals surface area contributed by atoms with Gasteiger partial charge in [0.05, 0.1) is 10.6 Å². The maximum absolute atomic E-state index is 11.0. The van der Waals surface area contributed by atoms with Crippen molar-refractivity contribution in [3.63, 3.8) is 0 Å². The average Bonchev–Trinajstić information content (AvgIpc) is 3.35. The van der Waals surface area contributed by atoms with Crippen LogP contribution in [0.2, 0.25) is 0 Å². The van der Waals surface area contributed by atoms with E-state index in [0.717, 1.165) is 37.1 Å². The second-order valence-electron chi connectivity index (χ2n) is 8.32. The van der Waals surface area contributed by atoms with Gasteiger partial charge in [-0.1, -0.05) is 42.7 Å². The summed E-state index contributed by atoms with van der Waals surface area (Å²) >= 11 is 1.75. The predicted octanol–water partition coefficient (Wildman–Crippen LogP) is 4.28. The molecule has 1 aromatic carbocycles. The molecule has 1 aliphatic carbocycles. The minimum atomic E-state index is -0.402. The van der Waals surface area contributed by atoms with Gasteiger partial charge < -0.3 is 9.80 Å². The van der Waals surface area contributed by atoms with Crippen LogP contribution in [0.15, 0.2) is 36.4 Å². The molecule has 5 rings (SSSR count). The molecule has 0 amide bonds. The maximum Gasteiger partial charge on any atom is 0.270 e. The van der Waals surface area contributed by atoms with E-state index in [9.17, 15) is 10.1 Å². The number of nitrogens with zero attached hydrogens (tertiary/aromatic N) is 7. The van der Waals surface area contributed by atoms with E-state index in [1.54, 1.807) is 23.5 Å². The molecule has 0 atom stereocenters. The van der Waals surface area contributed by atoms with Gasteiger partial charge in [-0.05, 0) is 25.0 Å². The Morgan fingerprint density at radius 3 is 2.41 bits per heavy atom. The largest absolute Gasteiger partial charge is 0.352 e. The van der Waals surface area contributed by atoms with Crippen LogP contribution in [0.4, 0.5) is 16.6 Å². The van der Waals surface area contributed by atoms with Gasteiger partial charge >= 0.3 is 0 Å². The molecule has 0 bridgehead atoms. The molecule has 0 N–H and O–H groups in total. The number of nitro groups is 1. The maximum atomic E-state index is 11.0. The second kappa shape index (κ2) is 9.15. The summed E-state index contributed by atoms with van der Waals surface area (Å²) in [7, 11) is 0. The Labute approximate surface area is 190 Å². The van der Waals surface area contributed by atoms with Crippen LogP contribution in [0, 0.1) is 10.1 Å². The quantitative estimate of drug-likeness (QED) is 0.418. The third-order valence-electron chi connectivity index (χ3n) is 6.26. The summed E-state index contributed by atoms with van der Waals surface area (Å²) in [6, 6.07) is 10.3. The van der Waals surface area contributed by atoms with E-state index in [1.165, 1.54) is 49.2 Å². The molecule has 3 heterocycles. The van der Waals surface area contributed by atoms with Crippen LogP contribution in [0.1, 0.15) is 43.0 Å². The second-order valence-corrected chi connectivity index (χ2v) is 9.30. The molecular formula is C22H25N7O2S. The van der Waals surface area contributed by atoms with Crippen LogP contribution in [-0.2, 0) is 0 Å². The number of hydrogen-bond acceptors (Lipinski definition) is 9. The number of aromatic nitrogens is 4. The number of non-ortho nitro benzene ring substituents is 1. The van der Waals surface area contributed by atoms with Crippen molar-refractivity contribution in [2.24, 2.45) is 0 Å². The lowest BCUT2D eigenvalue weighted by atomic mass is 9.90. The van der Waals surface area contributed by atoms with Crippen molar-refractivity contribution in [1.29, 1.82) is 0 Å². The predicted molar refractivity (Wildman–Crippen MR) is 124 cm³/mol. The number of anilines is 2. The minimum Gasteiger partial charge on any atom is -0.352 e. The van der Waals surface area contributed by atoms with Crippen molar-refractivity contribution in [1.82, 2.24) is 20.4 Å². The molecule has 2 fully saturated rings. The zero-order valence-corrected chi connectivity index (χ0v) is 18.6. The van der Waals surface area contributed by atoms with E-state index in [0.29, 0.717) is 17.2 Å². The molecule has 1 saturated carbocycles. The monoisotopic (exact) mass is 451 g/mol. The van der Waals surface area contributed by atoms with Crippen LogP contribution in [0.25, 0.3) is 11.3 Å². The van der Waals surface area contributed by atoms with Gasteiger partial charge in [-0.25, -0.2) is 0 Å². The van der Waals surface area contributed by atoms with E-state index in [1.807, 2.05) is 12.1 Å². The average molecular weight is 452 g/mol. The van der Waals surface area contributed by atoms with Gasteiger partial charge in [0, 0.05) is 49.8 Å². The highest BCUT2D eigenvalue weighted by molar-refractivity contribution is 7.15. The fraction of sp³-hybridized carbons (Fsp3) is 0.455. The van der Waals surface area contributed by atoms with Gasteiger partial charge in [0.15, 0.2) is 5.82 Å². The Bertz CT molecular complexity index is 1070. The van der Waals surface area contributed by atoms with E-state index in [4.69, 9.17) is 0 Å². The Balaban J connectivity index is 1.21. The highest BCUT2D eigenvalue weighted by Gasteiger charge is 2.24. The number of nitro benzene ring substituents is 1. The summed E-state index contributed by atoms with van der Waals surface area (Å²) in [5.41, 5.74) is 1.36. The van der Waals surface area contributed by atoms with Crippen molar-refractivity contribution >= 4 is 28.0 Å². The minimum absolute atomic E-state index is 0.0489. The van der Waals surface area contributed by atoms with E-state index >= 15 is 0 Å². The molecule has 0 spiro atoms. The van der Waals surface area contributed by atoms with Gasteiger partial charge in [0.2, 0.25) is 5.13 Å². The number of rotatable bonds is 5. The lowest BCUT2D eigenvalue weighted by molar-refractivity contribution is -0.384. The summed E-state index contributed by atoms with van der Waals surface area (Å²) in [6.45, 7) is 3.41. The third kappa shape index (κ3) is 4.40. The fourth-order valence-electron chi connectivity index (χ4n) is 4.42. The first-order valence-corrected chi connectivity index (χ1v) is 11.9. The zero-order valence-electron chi connectivity index (χ0n) is 17.8. The fourth-order valence-corrected chi connectivity index (χ4v) is 5.49. The van der Waals surface area contributed by atoms with Crippen molar-refractivity contribution in [3.05, 3.63) is 51.5 Å². The smallest absolute Gasteiger partial charge is 0.270 e. The first-order chi connectivity index (χ1) is 15.7. The molecule has 9 nitrogen and oxygen atoms in total. The van der Waals surface area contributed by atoms with Gasteiger partial charge in [-0.15, -0.1) is 20.4 Å². The van der Waals surface area contributed by atoms with Gasteiger partial charge in [-0.2, -0.15) is 0 Å². The number of benzene rings is 1. The lowest BCUT2D eigenvalue weighted by Crippen LogP contribution is -2.46. The first kappa shape index (κ1) is 20.7. The molecule has 1 saturated heterocycles. The Morgan fingerprint density at radius 1 is 0.906 bits per heavy atom. The highest BCUT2D eigenvalue weighted by atomic mass is 32.1. The number of piperazine rings is 1. The molecule has 32 heavy (non-hydrogen) atoms. The van der Waals surface area contributed by atoms with E-state index in [2.05, 4.69) is 30.2 Å². The SMILES string of the molecule is O=[N+]([O-])c1cccc(-c2ccc(N3CCN(c4nnc(C5CCCCC5)s4)CC3)nn2)c1. The highest BCUT2D eigenvalue weighted by Crippen LogP contribution is 2.36. The molecule has 10 heteroatoms. The lowest BCUT2D eigenvalue weighted by Gasteiger charge is -2.34. The molecule has 0 radical (unpaired) electrons. The molecule has 3 aromatic rings. The topological polar surface area (TPSA) is 101 Å². The first-order valence-electron chi connectivity index (χ1n) is 11.1. The number of hydrogen-bond donors (Lipinski definition) is 0. The molecule has 166 valence electrons. The Kier molecular flexibility index (Phi) is 5.93. The van der Waals surface area contributed by atoms with Gasteiger partial charge in [0.1, 0.15) is 5.01 Å². The van der Waals surface area contributed by atoms with Crippen LogP contribution in [0.5, 0.6) is 0 Å². The van der Waals surface area contributed by atoms with Crippen molar-refractivity contribution in [3.8, 4) is 11.3 Å².